The van der Waals surface area contributed by atoms with Crippen molar-refractivity contribution in [3.63, 3.8) is 0 Å². The van der Waals surface area contributed by atoms with Gasteiger partial charge in [0.15, 0.2) is 0 Å². The molecule has 3 rings (SSSR count). The zero-order chi connectivity index (χ0) is 15.4. The second-order valence-electron chi connectivity index (χ2n) is 5.29. The second-order valence-corrected chi connectivity index (χ2v) is 5.29. The predicted octanol–water partition coefficient (Wildman–Crippen LogP) is 3.84. The van der Waals surface area contributed by atoms with Gasteiger partial charge in [-0.3, -0.25) is 10.2 Å². The van der Waals surface area contributed by atoms with Gasteiger partial charge in [0.1, 0.15) is 0 Å². The first-order chi connectivity index (χ1) is 10.7. The summed E-state index contributed by atoms with van der Waals surface area (Å²) in [6.45, 7) is 2.02. The second kappa shape index (κ2) is 6.41. The standard InChI is InChI=1S/C19H18N2O/c1-14(20-21-19(22)16-8-3-2-4-9-16)17-12-11-15-7-5-6-10-18(15)13-17/h2-14,20H,1H3,(H,21,22)/t14-/m0/s1. The average molecular weight is 290 g/mol. The summed E-state index contributed by atoms with van der Waals surface area (Å²) in [6.07, 6.45) is 0. The summed E-state index contributed by atoms with van der Waals surface area (Å²) in [4.78, 5) is 12.0. The quantitative estimate of drug-likeness (QED) is 0.717. The molecule has 1 atom stereocenters. The molecule has 3 heteroatoms. The van der Waals surface area contributed by atoms with Crippen LogP contribution in [-0.4, -0.2) is 5.91 Å². The number of amides is 1. The molecule has 22 heavy (non-hydrogen) atoms. The molecule has 0 bridgehead atoms. The first-order valence-electron chi connectivity index (χ1n) is 7.33. The van der Waals surface area contributed by atoms with Gasteiger partial charge in [-0.25, -0.2) is 5.43 Å². The number of fused-ring (bicyclic) bond motifs is 1. The molecule has 0 heterocycles. The van der Waals surface area contributed by atoms with E-state index in [0.717, 1.165) is 5.56 Å². The molecule has 0 aromatic heterocycles. The van der Waals surface area contributed by atoms with Crippen LogP contribution in [0, 0.1) is 0 Å². The molecule has 2 N–H and O–H groups in total. The summed E-state index contributed by atoms with van der Waals surface area (Å²) in [5.41, 5.74) is 7.59. The van der Waals surface area contributed by atoms with Crippen molar-refractivity contribution in [2.24, 2.45) is 0 Å². The molecule has 0 radical (unpaired) electrons. The Morgan fingerprint density at radius 1 is 0.864 bits per heavy atom. The zero-order valence-corrected chi connectivity index (χ0v) is 12.4. The van der Waals surface area contributed by atoms with Crippen LogP contribution in [0.25, 0.3) is 10.8 Å². The highest BCUT2D eigenvalue weighted by Gasteiger charge is 2.08. The highest BCUT2D eigenvalue weighted by atomic mass is 16.2. The lowest BCUT2D eigenvalue weighted by atomic mass is 10.0. The lowest BCUT2D eigenvalue weighted by Gasteiger charge is -2.16. The molecular formula is C19H18N2O. The molecule has 1 amide bonds. The van der Waals surface area contributed by atoms with E-state index in [9.17, 15) is 4.79 Å². The number of carbonyl (C=O) groups is 1. The Labute approximate surface area is 129 Å². The fourth-order valence-corrected chi connectivity index (χ4v) is 2.40. The number of carbonyl (C=O) groups excluding carboxylic acids is 1. The maximum atomic E-state index is 12.0. The minimum atomic E-state index is -0.131. The van der Waals surface area contributed by atoms with Gasteiger partial charge in [-0.15, -0.1) is 0 Å². The molecular weight excluding hydrogens is 272 g/mol. The number of rotatable bonds is 4. The summed E-state index contributed by atoms with van der Waals surface area (Å²) in [5, 5.41) is 2.41. The highest BCUT2D eigenvalue weighted by molar-refractivity contribution is 5.93. The van der Waals surface area contributed by atoms with Gasteiger partial charge >= 0.3 is 0 Å². The van der Waals surface area contributed by atoms with E-state index in [1.165, 1.54) is 10.8 Å². The number of hydrogen-bond acceptors (Lipinski definition) is 2. The molecule has 0 aliphatic rings. The van der Waals surface area contributed by atoms with E-state index < -0.39 is 0 Å². The maximum Gasteiger partial charge on any atom is 0.265 e. The van der Waals surface area contributed by atoms with Crippen molar-refractivity contribution in [1.29, 1.82) is 0 Å². The molecule has 0 aliphatic carbocycles. The third kappa shape index (κ3) is 3.15. The molecule has 110 valence electrons. The number of benzene rings is 3. The number of nitrogens with one attached hydrogen (secondary N) is 2. The van der Waals surface area contributed by atoms with Gasteiger partial charge in [-0.2, -0.15) is 0 Å². The maximum absolute atomic E-state index is 12.0. The summed E-state index contributed by atoms with van der Waals surface area (Å²) in [5.74, 6) is -0.131. The highest BCUT2D eigenvalue weighted by Crippen LogP contribution is 2.19. The Morgan fingerprint density at radius 3 is 2.32 bits per heavy atom. The van der Waals surface area contributed by atoms with E-state index in [-0.39, 0.29) is 11.9 Å². The summed E-state index contributed by atoms with van der Waals surface area (Å²) in [7, 11) is 0. The molecule has 3 aromatic rings. The summed E-state index contributed by atoms with van der Waals surface area (Å²) in [6, 6.07) is 23.8. The molecule has 0 fully saturated rings. The fraction of sp³-hybridized carbons (Fsp3) is 0.105. The molecule has 0 unspecified atom stereocenters. The monoisotopic (exact) mass is 290 g/mol. The van der Waals surface area contributed by atoms with Crippen LogP contribution >= 0.6 is 0 Å². The van der Waals surface area contributed by atoms with E-state index >= 15 is 0 Å². The molecule has 0 spiro atoms. The Balaban J connectivity index is 1.68. The minimum absolute atomic E-state index is 0.0252. The van der Waals surface area contributed by atoms with Crippen LogP contribution < -0.4 is 10.9 Å². The summed E-state index contributed by atoms with van der Waals surface area (Å²) >= 11 is 0. The van der Waals surface area contributed by atoms with Crippen LogP contribution in [0.4, 0.5) is 0 Å². The van der Waals surface area contributed by atoms with Gasteiger partial charge < -0.3 is 0 Å². The smallest absolute Gasteiger partial charge is 0.265 e. The first-order valence-corrected chi connectivity index (χ1v) is 7.33. The van der Waals surface area contributed by atoms with Crippen LogP contribution in [-0.2, 0) is 0 Å². The molecule has 3 aromatic carbocycles. The van der Waals surface area contributed by atoms with Gasteiger partial charge in [-0.1, -0.05) is 54.6 Å². The van der Waals surface area contributed by atoms with Gasteiger partial charge in [0.25, 0.3) is 5.91 Å². The lowest BCUT2D eigenvalue weighted by molar-refractivity contribution is 0.0926. The van der Waals surface area contributed by atoms with Crippen molar-refractivity contribution in [3.05, 3.63) is 83.9 Å². The SMILES string of the molecule is C[C@H](NNC(=O)c1ccccc1)c1ccc2ccccc2c1. The van der Waals surface area contributed by atoms with Crippen LogP contribution in [0.15, 0.2) is 72.8 Å². The van der Waals surface area contributed by atoms with Crippen molar-refractivity contribution in [3.8, 4) is 0 Å². The largest absolute Gasteiger partial charge is 0.287 e. The van der Waals surface area contributed by atoms with Crippen molar-refractivity contribution in [2.45, 2.75) is 13.0 Å². The average Bonchev–Trinajstić information content (AvgIpc) is 2.59. The predicted molar refractivity (Wildman–Crippen MR) is 89.4 cm³/mol. The van der Waals surface area contributed by atoms with Gasteiger partial charge in [-0.05, 0) is 41.5 Å². The number of hydrogen-bond donors (Lipinski definition) is 2. The van der Waals surface area contributed by atoms with Gasteiger partial charge in [0.05, 0.1) is 0 Å². The third-order valence-corrected chi connectivity index (χ3v) is 3.71. The van der Waals surface area contributed by atoms with E-state index in [2.05, 4.69) is 41.2 Å². The third-order valence-electron chi connectivity index (χ3n) is 3.71. The molecule has 3 nitrogen and oxygen atoms in total. The minimum Gasteiger partial charge on any atom is -0.287 e. The fourth-order valence-electron chi connectivity index (χ4n) is 2.40. The summed E-state index contributed by atoms with van der Waals surface area (Å²) < 4.78 is 0. The van der Waals surface area contributed by atoms with E-state index in [1.54, 1.807) is 12.1 Å². The van der Waals surface area contributed by atoms with E-state index in [1.807, 2.05) is 37.3 Å². The van der Waals surface area contributed by atoms with Crippen LogP contribution in [0.2, 0.25) is 0 Å². The number of hydrazine groups is 1. The van der Waals surface area contributed by atoms with Crippen molar-refractivity contribution in [2.75, 3.05) is 0 Å². The Hall–Kier alpha value is -2.65. The topological polar surface area (TPSA) is 41.1 Å². The normalized spacial score (nSPS) is 12.0. The van der Waals surface area contributed by atoms with E-state index in [4.69, 9.17) is 0 Å². The molecule has 0 aliphatic heterocycles. The first kappa shape index (κ1) is 14.3. The van der Waals surface area contributed by atoms with Crippen molar-refractivity contribution >= 4 is 16.7 Å². The zero-order valence-electron chi connectivity index (χ0n) is 12.4. The molecule has 0 saturated carbocycles. The Bertz CT molecular complexity index is 784. The van der Waals surface area contributed by atoms with Crippen molar-refractivity contribution < 1.29 is 4.79 Å². The van der Waals surface area contributed by atoms with Gasteiger partial charge in [0.2, 0.25) is 0 Å². The lowest BCUT2D eigenvalue weighted by Crippen LogP contribution is -2.39. The van der Waals surface area contributed by atoms with Crippen molar-refractivity contribution in [1.82, 2.24) is 10.9 Å². The van der Waals surface area contributed by atoms with Crippen LogP contribution in [0.3, 0.4) is 0 Å². The van der Waals surface area contributed by atoms with Gasteiger partial charge in [0, 0.05) is 11.6 Å². The van der Waals surface area contributed by atoms with Crippen LogP contribution in [0.1, 0.15) is 28.9 Å². The van der Waals surface area contributed by atoms with Crippen LogP contribution in [0.5, 0.6) is 0 Å². The van der Waals surface area contributed by atoms with E-state index in [0.29, 0.717) is 5.56 Å². The Kier molecular flexibility index (Phi) is 4.17. The molecule has 0 saturated heterocycles. The Morgan fingerprint density at radius 2 is 1.55 bits per heavy atom.